The molecule has 7 heteroatoms. The molecule has 2 heterocycles. The Morgan fingerprint density at radius 2 is 1.90 bits per heavy atom. The van der Waals surface area contributed by atoms with Gasteiger partial charge in [-0.3, -0.25) is 4.79 Å². The summed E-state index contributed by atoms with van der Waals surface area (Å²) in [4.78, 5) is 26.6. The Morgan fingerprint density at radius 3 is 2.59 bits per heavy atom. The third-order valence-electron chi connectivity index (χ3n) is 5.03. The molecule has 2 amide bonds. The summed E-state index contributed by atoms with van der Waals surface area (Å²) in [6.07, 6.45) is 1.37. The number of benzene rings is 2. The SMILES string of the molecule is O=C(C[C@@H](c1ccc(O)cc1)c1ccon1)N1C(=O)OCC1Cc1ccccc1. The summed E-state index contributed by atoms with van der Waals surface area (Å²) < 4.78 is 10.1. The van der Waals surface area contributed by atoms with Crippen molar-refractivity contribution in [3.8, 4) is 5.75 Å². The van der Waals surface area contributed by atoms with E-state index in [1.165, 1.54) is 11.2 Å². The van der Waals surface area contributed by atoms with Gasteiger partial charge in [-0.25, -0.2) is 9.69 Å². The lowest BCUT2D eigenvalue weighted by Gasteiger charge is -2.22. The Morgan fingerprint density at radius 1 is 1.14 bits per heavy atom. The summed E-state index contributed by atoms with van der Waals surface area (Å²) in [6.45, 7) is 0.174. The number of phenols is 1. The summed E-state index contributed by atoms with van der Waals surface area (Å²) in [6, 6.07) is 17.6. The minimum Gasteiger partial charge on any atom is -0.508 e. The van der Waals surface area contributed by atoms with E-state index < -0.39 is 12.0 Å². The summed E-state index contributed by atoms with van der Waals surface area (Å²) >= 11 is 0. The maximum Gasteiger partial charge on any atom is 0.416 e. The van der Waals surface area contributed by atoms with Crippen molar-refractivity contribution >= 4 is 12.0 Å². The third kappa shape index (κ3) is 4.13. The number of hydrogen-bond acceptors (Lipinski definition) is 6. The van der Waals surface area contributed by atoms with E-state index in [0.29, 0.717) is 12.1 Å². The summed E-state index contributed by atoms with van der Waals surface area (Å²) in [5.74, 6) is -0.618. The number of carbonyl (C=O) groups is 2. The zero-order valence-corrected chi connectivity index (χ0v) is 15.6. The number of carbonyl (C=O) groups excluding carboxylic acids is 2. The number of nitrogens with zero attached hydrogens (tertiary/aromatic N) is 2. The fourth-order valence-electron chi connectivity index (χ4n) is 3.58. The fraction of sp³-hybridized carbons (Fsp3) is 0.227. The van der Waals surface area contributed by atoms with Crippen molar-refractivity contribution in [2.45, 2.75) is 24.8 Å². The summed E-state index contributed by atoms with van der Waals surface area (Å²) in [7, 11) is 0. The van der Waals surface area contributed by atoms with Crippen molar-refractivity contribution in [3.63, 3.8) is 0 Å². The van der Waals surface area contributed by atoms with E-state index in [0.717, 1.165) is 11.1 Å². The fourth-order valence-corrected chi connectivity index (χ4v) is 3.58. The zero-order chi connectivity index (χ0) is 20.2. The van der Waals surface area contributed by atoms with Gasteiger partial charge in [-0.05, 0) is 29.7 Å². The molecule has 0 aliphatic carbocycles. The van der Waals surface area contributed by atoms with E-state index in [1.54, 1.807) is 30.3 Å². The van der Waals surface area contributed by atoms with E-state index in [2.05, 4.69) is 5.16 Å². The van der Waals surface area contributed by atoms with E-state index >= 15 is 0 Å². The van der Waals surface area contributed by atoms with Crippen molar-refractivity contribution in [2.24, 2.45) is 0 Å². The number of imide groups is 1. The van der Waals surface area contributed by atoms with Crippen molar-refractivity contribution < 1.29 is 24.0 Å². The molecule has 1 N–H and O–H groups in total. The van der Waals surface area contributed by atoms with Gasteiger partial charge < -0.3 is 14.4 Å². The van der Waals surface area contributed by atoms with Crippen molar-refractivity contribution in [3.05, 3.63) is 83.7 Å². The van der Waals surface area contributed by atoms with Crippen LogP contribution in [-0.2, 0) is 16.0 Å². The third-order valence-corrected chi connectivity index (χ3v) is 5.03. The Kier molecular flexibility index (Phi) is 5.29. The van der Waals surface area contributed by atoms with E-state index in [1.807, 2.05) is 30.3 Å². The van der Waals surface area contributed by atoms with Gasteiger partial charge in [-0.2, -0.15) is 0 Å². The molecule has 3 aromatic rings. The molecule has 0 radical (unpaired) electrons. The molecule has 1 fully saturated rings. The highest BCUT2D eigenvalue weighted by molar-refractivity contribution is 5.94. The minimum absolute atomic E-state index is 0.0255. The minimum atomic E-state index is -0.624. The van der Waals surface area contributed by atoms with Crippen LogP contribution < -0.4 is 0 Å². The van der Waals surface area contributed by atoms with Crippen LogP contribution in [0.1, 0.15) is 29.2 Å². The van der Waals surface area contributed by atoms with Crippen LogP contribution in [0.4, 0.5) is 4.79 Å². The number of amides is 2. The standard InChI is InChI=1S/C22H20N2O5/c25-18-8-6-16(7-9-18)19(20-10-11-29-23-20)13-21(26)24-17(14-28-22(24)27)12-15-4-2-1-3-5-15/h1-11,17,19,25H,12-14H2/t17?,19-/m0/s1. The van der Waals surface area contributed by atoms with Gasteiger partial charge in [0.15, 0.2) is 0 Å². The van der Waals surface area contributed by atoms with Crippen LogP contribution in [0.25, 0.3) is 0 Å². The molecule has 1 aliphatic rings. The normalized spacial score (nSPS) is 17.2. The van der Waals surface area contributed by atoms with Gasteiger partial charge in [0.25, 0.3) is 0 Å². The number of cyclic esters (lactones) is 1. The maximum atomic E-state index is 13.1. The maximum absolute atomic E-state index is 13.1. The number of phenolic OH excluding ortho intramolecular Hbond substituents is 1. The Labute approximate surface area is 167 Å². The van der Waals surface area contributed by atoms with Crippen LogP contribution in [-0.4, -0.2) is 39.8 Å². The van der Waals surface area contributed by atoms with Crippen LogP contribution in [0, 0.1) is 0 Å². The van der Waals surface area contributed by atoms with Crippen LogP contribution >= 0.6 is 0 Å². The molecule has 29 heavy (non-hydrogen) atoms. The predicted molar refractivity (Wildman–Crippen MR) is 103 cm³/mol. The molecule has 7 nitrogen and oxygen atoms in total. The highest BCUT2D eigenvalue weighted by Gasteiger charge is 2.39. The molecule has 1 aliphatic heterocycles. The molecule has 1 aromatic heterocycles. The molecule has 2 aromatic carbocycles. The van der Waals surface area contributed by atoms with Crippen LogP contribution in [0.15, 0.2) is 71.4 Å². The van der Waals surface area contributed by atoms with Crippen molar-refractivity contribution in [1.82, 2.24) is 10.1 Å². The van der Waals surface area contributed by atoms with Gasteiger partial charge in [-0.1, -0.05) is 47.6 Å². The molecular weight excluding hydrogens is 372 g/mol. The van der Waals surface area contributed by atoms with Gasteiger partial charge in [-0.15, -0.1) is 0 Å². The summed E-state index contributed by atoms with van der Waals surface area (Å²) in [5, 5.41) is 13.5. The van der Waals surface area contributed by atoms with Crippen LogP contribution in [0.3, 0.4) is 0 Å². The van der Waals surface area contributed by atoms with E-state index in [9.17, 15) is 14.7 Å². The Hall–Kier alpha value is -3.61. The lowest BCUT2D eigenvalue weighted by atomic mass is 9.91. The quantitative estimate of drug-likeness (QED) is 0.690. The Bertz CT molecular complexity index is 970. The van der Waals surface area contributed by atoms with Crippen LogP contribution in [0.2, 0.25) is 0 Å². The van der Waals surface area contributed by atoms with Crippen molar-refractivity contribution in [1.29, 1.82) is 0 Å². The predicted octanol–water partition coefficient (Wildman–Crippen LogP) is 3.49. The van der Waals surface area contributed by atoms with Crippen molar-refractivity contribution in [2.75, 3.05) is 6.61 Å². The lowest BCUT2D eigenvalue weighted by molar-refractivity contribution is -0.129. The Balaban J connectivity index is 1.56. The second-order valence-electron chi connectivity index (χ2n) is 6.96. The highest BCUT2D eigenvalue weighted by atomic mass is 16.6. The second-order valence-corrected chi connectivity index (χ2v) is 6.96. The van der Waals surface area contributed by atoms with E-state index in [4.69, 9.17) is 9.26 Å². The molecule has 148 valence electrons. The first-order valence-corrected chi connectivity index (χ1v) is 9.34. The number of aromatic nitrogens is 1. The molecule has 4 rings (SSSR count). The second kappa shape index (κ2) is 8.18. The lowest BCUT2D eigenvalue weighted by Crippen LogP contribution is -2.40. The number of rotatable bonds is 6. The molecule has 1 unspecified atom stereocenters. The van der Waals surface area contributed by atoms with Gasteiger partial charge in [0, 0.05) is 18.4 Å². The highest BCUT2D eigenvalue weighted by Crippen LogP contribution is 2.30. The smallest absolute Gasteiger partial charge is 0.416 e. The van der Waals surface area contributed by atoms with Gasteiger partial charge in [0.2, 0.25) is 5.91 Å². The van der Waals surface area contributed by atoms with Crippen LogP contribution in [0.5, 0.6) is 5.75 Å². The van der Waals surface area contributed by atoms with Gasteiger partial charge in [0.05, 0.1) is 11.7 Å². The molecule has 1 saturated heterocycles. The average Bonchev–Trinajstić information content (AvgIpc) is 3.38. The number of hydrogen-bond donors (Lipinski definition) is 1. The molecule has 0 bridgehead atoms. The summed E-state index contributed by atoms with van der Waals surface area (Å²) in [5.41, 5.74) is 2.40. The first-order chi connectivity index (χ1) is 14.1. The number of ether oxygens (including phenoxy) is 1. The van der Waals surface area contributed by atoms with Gasteiger partial charge in [0.1, 0.15) is 18.6 Å². The first-order valence-electron chi connectivity index (χ1n) is 9.34. The largest absolute Gasteiger partial charge is 0.508 e. The molecule has 0 saturated carbocycles. The monoisotopic (exact) mass is 392 g/mol. The zero-order valence-electron chi connectivity index (χ0n) is 15.6. The molecule has 0 spiro atoms. The van der Waals surface area contributed by atoms with E-state index in [-0.39, 0.29) is 30.7 Å². The molecular formula is C22H20N2O5. The average molecular weight is 392 g/mol. The first kappa shape index (κ1) is 18.7. The number of aromatic hydroxyl groups is 1. The topological polar surface area (TPSA) is 92.9 Å². The molecule has 2 atom stereocenters. The van der Waals surface area contributed by atoms with Gasteiger partial charge >= 0.3 is 6.09 Å².